The lowest BCUT2D eigenvalue weighted by atomic mass is 10.1. The van der Waals surface area contributed by atoms with Crippen molar-refractivity contribution in [1.29, 1.82) is 0 Å². The van der Waals surface area contributed by atoms with E-state index in [2.05, 4.69) is 0 Å². The number of benzene rings is 3. The molecular formula is C25H22O6. The van der Waals surface area contributed by atoms with Gasteiger partial charge in [0.15, 0.2) is 5.78 Å². The van der Waals surface area contributed by atoms with Gasteiger partial charge < -0.3 is 18.9 Å². The van der Waals surface area contributed by atoms with Crippen molar-refractivity contribution >= 4 is 17.8 Å². The normalized spacial score (nSPS) is 10.5. The van der Waals surface area contributed by atoms with Crippen molar-refractivity contribution in [1.82, 2.24) is 0 Å². The zero-order chi connectivity index (χ0) is 22.2. The van der Waals surface area contributed by atoms with E-state index in [9.17, 15) is 9.59 Å². The van der Waals surface area contributed by atoms with E-state index in [0.29, 0.717) is 39.7 Å². The number of ketones is 1. The van der Waals surface area contributed by atoms with E-state index in [0.717, 1.165) is 0 Å². The minimum absolute atomic E-state index is 0.222. The van der Waals surface area contributed by atoms with Gasteiger partial charge in [-0.3, -0.25) is 4.79 Å². The highest BCUT2D eigenvalue weighted by atomic mass is 16.5. The second-order valence-corrected chi connectivity index (χ2v) is 6.45. The van der Waals surface area contributed by atoms with E-state index in [1.54, 1.807) is 87.0 Å². The Morgan fingerprint density at radius 1 is 0.742 bits per heavy atom. The summed E-state index contributed by atoms with van der Waals surface area (Å²) >= 11 is 0. The molecule has 0 aliphatic carbocycles. The molecule has 0 radical (unpaired) electrons. The number of allylic oxidation sites excluding steroid dienone is 1. The van der Waals surface area contributed by atoms with Gasteiger partial charge >= 0.3 is 5.97 Å². The van der Waals surface area contributed by atoms with Crippen LogP contribution < -0.4 is 18.9 Å². The summed E-state index contributed by atoms with van der Waals surface area (Å²) in [7, 11) is 4.60. The maximum absolute atomic E-state index is 12.6. The third-order valence-electron chi connectivity index (χ3n) is 4.50. The molecule has 0 saturated carbocycles. The highest BCUT2D eigenvalue weighted by Crippen LogP contribution is 2.25. The van der Waals surface area contributed by atoms with Gasteiger partial charge in [0, 0.05) is 6.07 Å². The Balaban J connectivity index is 1.72. The van der Waals surface area contributed by atoms with Gasteiger partial charge in [-0.05, 0) is 60.2 Å². The van der Waals surface area contributed by atoms with E-state index in [4.69, 9.17) is 18.9 Å². The lowest BCUT2D eigenvalue weighted by Crippen LogP contribution is -2.08. The van der Waals surface area contributed by atoms with E-state index in [1.165, 1.54) is 13.2 Å². The van der Waals surface area contributed by atoms with Crippen LogP contribution in [0.25, 0.3) is 6.08 Å². The first-order chi connectivity index (χ1) is 15.0. The van der Waals surface area contributed by atoms with Gasteiger partial charge in [0.25, 0.3) is 0 Å². The van der Waals surface area contributed by atoms with Crippen molar-refractivity contribution in [2.24, 2.45) is 0 Å². The summed E-state index contributed by atoms with van der Waals surface area (Å²) in [5.41, 5.74) is 1.53. The molecule has 0 atom stereocenters. The molecule has 3 rings (SSSR count). The van der Waals surface area contributed by atoms with Crippen LogP contribution >= 0.6 is 0 Å². The van der Waals surface area contributed by atoms with Crippen molar-refractivity contribution < 1.29 is 28.5 Å². The van der Waals surface area contributed by atoms with Crippen molar-refractivity contribution in [3.05, 3.63) is 89.5 Å². The molecular weight excluding hydrogens is 396 g/mol. The number of carbonyl (C=O) groups is 2. The van der Waals surface area contributed by atoms with Crippen LogP contribution in [0.3, 0.4) is 0 Å². The molecule has 0 aliphatic rings. The quantitative estimate of drug-likeness (QED) is 0.226. The van der Waals surface area contributed by atoms with Crippen molar-refractivity contribution in [3.8, 4) is 23.0 Å². The summed E-state index contributed by atoms with van der Waals surface area (Å²) in [5.74, 6) is 1.35. The zero-order valence-corrected chi connectivity index (χ0v) is 17.5. The topological polar surface area (TPSA) is 71.1 Å². The number of hydrogen-bond donors (Lipinski definition) is 0. The minimum atomic E-state index is -0.483. The van der Waals surface area contributed by atoms with Gasteiger partial charge in [-0.25, -0.2) is 4.79 Å². The molecule has 0 saturated heterocycles. The lowest BCUT2D eigenvalue weighted by molar-refractivity contribution is 0.0734. The average molecular weight is 418 g/mol. The number of esters is 1. The molecule has 0 aliphatic heterocycles. The van der Waals surface area contributed by atoms with Crippen molar-refractivity contribution in [2.45, 2.75) is 0 Å². The summed E-state index contributed by atoms with van der Waals surface area (Å²) in [5, 5.41) is 0. The average Bonchev–Trinajstić information content (AvgIpc) is 2.82. The molecule has 3 aromatic carbocycles. The number of ether oxygens (including phenoxy) is 4. The Kier molecular flexibility index (Phi) is 7.06. The Bertz CT molecular complexity index is 1100. The minimum Gasteiger partial charge on any atom is -0.497 e. The summed E-state index contributed by atoms with van der Waals surface area (Å²) in [6.07, 6.45) is 3.09. The molecule has 0 heterocycles. The van der Waals surface area contributed by atoms with E-state index in [-0.39, 0.29) is 5.78 Å². The standard InChI is InChI=1S/C25H22O6/c1-28-19-10-8-18(9-11-19)25(27)31-21-6-4-5-17(15-21)7-14-23(26)22-13-12-20(29-2)16-24(22)30-3/h4-16H,1-3H3. The third-order valence-corrected chi connectivity index (χ3v) is 4.50. The van der Waals surface area contributed by atoms with Gasteiger partial charge in [0.2, 0.25) is 0 Å². The molecule has 158 valence electrons. The van der Waals surface area contributed by atoms with Crippen LogP contribution in [0.5, 0.6) is 23.0 Å². The third kappa shape index (κ3) is 5.51. The number of methoxy groups -OCH3 is 3. The molecule has 0 unspecified atom stereocenters. The number of rotatable bonds is 8. The molecule has 31 heavy (non-hydrogen) atoms. The van der Waals surface area contributed by atoms with Crippen LogP contribution in [0, 0.1) is 0 Å². The molecule has 0 spiro atoms. The summed E-state index contributed by atoms with van der Waals surface area (Å²) in [6.45, 7) is 0. The number of hydrogen-bond acceptors (Lipinski definition) is 6. The van der Waals surface area contributed by atoms with Gasteiger partial charge in [0.1, 0.15) is 23.0 Å². The summed E-state index contributed by atoms with van der Waals surface area (Å²) in [6, 6.07) is 18.5. The van der Waals surface area contributed by atoms with Crippen LogP contribution in [0.2, 0.25) is 0 Å². The van der Waals surface area contributed by atoms with Gasteiger partial charge in [0.05, 0.1) is 32.5 Å². The fraction of sp³-hybridized carbons (Fsp3) is 0.120. The number of carbonyl (C=O) groups excluding carboxylic acids is 2. The molecule has 6 heteroatoms. The van der Waals surface area contributed by atoms with Crippen LogP contribution in [0.4, 0.5) is 0 Å². The zero-order valence-electron chi connectivity index (χ0n) is 17.5. The maximum Gasteiger partial charge on any atom is 0.343 e. The first kappa shape index (κ1) is 21.6. The van der Waals surface area contributed by atoms with Crippen LogP contribution in [0.15, 0.2) is 72.8 Å². The monoisotopic (exact) mass is 418 g/mol. The first-order valence-corrected chi connectivity index (χ1v) is 9.45. The van der Waals surface area contributed by atoms with Gasteiger partial charge in [-0.2, -0.15) is 0 Å². The molecule has 0 aromatic heterocycles. The lowest BCUT2D eigenvalue weighted by Gasteiger charge is -2.08. The predicted octanol–water partition coefficient (Wildman–Crippen LogP) is 4.83. The molecule has 0 bridgehead atoms. The van der Waals surface area contributed by atoms with Crippen molar-refractivity contribution in [3.63, 3.8) is 0 Å². The van der Waals surface area contributed by atoms with Gasteiger partial charge in [-0.15, -0.1) is 0 Å². The Morgan fingerprint density at radius 2 is 1.45 bits per heavy atom. The van der Waals surface area contributed by atoms with Crippen molar-refractivity contribution in [2.75, 3.05) is 21.3 Å². The fourth-order valence-corrected chi connectivity index (χ4v) is 2.84. The van der Waals surface area contributed by atoms with Crippen LogP contribution in [-0.2, 0) is 0 Å². The molecule has 3 aromatic rings. The Morgan fingerprint density at radius 3 is 2.13 bits per heavy atom. The largest absolute Gasteiger partial charge is 0.497 e. The molecule has 0 amide bonds. The second-order valence-electron chi connectivity index (χ2n) is 6.45. The second kappa shape index (κ2) is 10.1. The maximum atomic E-state index is 12.6. The fourth-order valence-electron chi connectivity index (χ4n) is 2.84. The molecule has 0 N–H and O–H groups in total. The molecule has 0 fully saturated rings. The summed E-state index contributed by atoms with van der Waals surface area (Å²) < 4.78 is 21.0. The Hall–Kier alpha value is -4.06. The highest BCUT2D eigenvalue weighted by molar-refractivity contribution is 6.08. The van der Waals surface area contributed by atoms with Crippen LogP contribution in [0.1, 0.15) is 26.3 Å². The SMILES string of the molecule is COc1ccc(C(=O)Oc2cccc(C=CC(=O)c3ccc(OC)cc3OC)c2)cc1. The van der Waals surface area contributed by atoms with Crippen LogP contribution in [-0.4, -0.2) is 33.1 Å². The first-order valence-electron chi connectivity index (χ1n) is 9.45. The smallest absolute Gasteiger partial charge is 0.343 e. The molecule has 6 nitrogen and oxygen atoms in total. The predicted molar refractivity (Wildman–Crippen MR) is 117 cm³/mol. The highest BCUT2D eigenvalue weighted by Gasteiger charge is 2.11. The van der Waals surface area contributed by atoms with E-state index in [1.807, 2.05) is 0 Å². The van der Waals surface area contributed by atoms with E-state index < -0.39 is 5.97 Å². The van der Waals surface area contributed by atoms with Gasteiger partial charge in [-0.1, -0.05) is 18.2 Å². The van der Waals surface area contributed by atoms with E-state index >= 15 is 0 Å². The Labute approximate surface area is 180 Å². The summed E-state index contributed by atoms with van der Waals surface area (Å²) in [4.78, 5) is 24.9.